The van der Waals surface area contributed by atoms with Gasteiger partial charge in [-0.25, -0.2) is 4.68 Å². The fourth-order valence-electron chi connectivity index (χ4n) is 3.54. The Bertz CT molecular complexity index is 1080. The number of benzene rings is 2. The largest absolute Gasteiger partial charge is 0.493 e. The highest BCUT2D eigenvalue weighted by molar-refractivity contribution is 8.00. The van der Waals surface area contributed by atoms with Crippen LogP contribution in [-0.4, -0.2) is 35.7 Å². The molecule has 0 aliphatic carbocycles. The minimum absolute atomic E-state index is 0.0798. The van der Waals surface area contributed by atoms with Gasteiger partial charge < -0.3 is 14.8 Å². The maximum Gasteiger partial charge on any atom is 0.235 e. The zero-order valence-electron chi connectivity index (χ0n) is 16.2. The third kappa shape index (κ3) is 3.56. The molecule has 1 aromatic heterocycles. The number of ether oxygens (including phenoxy) is 2. The molecule has 0 bridgehead atoms. The lowest BCUT2D eigenvalue weighted by Crippen LogP contribution is -2.15. The molecule has 0 fully saturated rings. The molecule has 3 aromatic rings. The number of halogens is 1. The number of nitrogens with one attached hydrogen (secondary N) is 1. The molecule has 0 radical (unpaired) electrons. The molecule has 2 heterocycles. The van der Waals surface area contributed by atoms with Crippen LogP contribution in [0.2, 0.25) is 5.02 Å². The van der Waals surface area contributed by atoms with Gasteiger partial charge in [0.05, 0.1) is 36.6 Å². The molecule has 1 aliphatic heterocycles. The quantitative estimate of drug-likeness (QED) is 0.655. The molecule has 1 atom stereocenters. The van der Waals surface area contributed by atoms with Gasteiger partial charge in [-0.2, -0.15) is 5.10 Å². The summed E-state index contributed by atoms with van der Waals surface area (Å²) in [5.74, 6) is 2.19. The highest BCUT2D eigenvalue weighted by atomic mass is 35.5. The lowest BCUT2D eigenvalue weighted by Gasteiger charge is -2.20. The van der Waals surface area contributed by atoms with Crippen LogP contribution in [0, 0.1) is 6.92 Å². The molecule has 0 saturated heterocycles. The summed E-state index contributed by atoms with van der Waals surface area (Å²) >= 11 is 7.72. The maximum absolute atomic E-state index is 12.5. The number of hydrogen-bond donors (Lipinski definition) is 1. The van der Waals surface area contributed by atoms with Gasteiger partial charge in [-0.1, -0.05) is 29.8 Å². The van der Waals surface area contributed by atoms with Crippen LogP contribution in [-0.2, 0) is 4.79 Å². The molecule has 1 amide bonds. The van der Waals surface area contributed by atoms with Crippen molar-refractivity contribution in [3.05, 3.63) is 64.3 Å². The van der Waals surface area contributed by atoms with E-state index in [9.17, 15) is 4.79 Å². The van der Waals surface area contributed by atoms with Gasteiger partial charge in [0, 0.05) is 16.1 Å². The van der Waals surface area contributed by atoms with Crippen molar-refractivity contribution >= 4 is 35.1 Å². The van der Waals surface area contributed by atoms with E-state index in [1.54, 1.807) is 25.0 Å². The number of carbonyl (C=O) groups excluding carboxylic acids is 1. The van der Waals surface area contributed by atoms with Gasteiger partial charge in [0.2, 0.25) is 5.91 Å². The van der Waals surface area contributed by atoms with Crippen molar-refractivity contribution in [2.75, 3.05) is 25.3 Å². The molecule has 4 rings (SSSR count). The summed E-state index contributed by atoms with van der Waals surface area (Å²) in [4.78, 5) is 12.5. The highest BCUT2D eigenvalue weighted by Crippen LogP contribution is 2.48. The lowest BCUT2D eigenvalue weighted by molar-refractivity contribution is -0.113. The Hall–Kier alpha value is -2.64. The Balaban J connectivity index is 1.93. The van der Waals surface area contributed by atoms with E-state index < -0.39 is 0 Å². The molecule has 0 saturated carbocycles. The van der Waals surface area contributed by atoms with Gasteiger partial charge in [-0.3, -0.25) is 4.79 Å². The average Bonchev–Trinajstić information content (AvgIpc) is 2.92. The number of nitrogens with zero attached hydrogens (tertiary/aromatic N) is 2. The van der Waals surface area contributed by atoms with E-state index in [-0.39, 0.29) is 11.2 Å². The maximum atomic E-state index is 12.5. The van der Waals surface area contributed by atoms with Crippen LogP contribution in [0.4, 0.5) is 5.82 Å². The van der Waals surface area contributed by atoms with E-state index >= 15 is 0 Å². The van der Waals surface area contributed by atoms with Crippen LogP contribution in [0.1, 0.15) is 22.1 Å². The van der Waals surface area contributed by atoms with Gasteiger partial charge in [-0.15, -0.1) is 11.8 Å². The van der Waals surface area contributed by atoms with Crippen LogP contribution in [0.25, 0.3) is 5.69 Å². The van der Waals surface area contributed by atoms with Crippen molar-refractivity contribution in [3.63, 3.8) is 0 Å². The third-order valence-electron chi connectivity index (χ3n) is 4.78. The Labute approximate surface area is 178 Å². The number of methoxy groups -OCH3 is 2. The summed E-state index contributed by atoms with van der Waals surface area (Å²) < 4.78 is 12.9. The van der Waals surface area contributed by atoms with Crippen LogP contribution in [0.15, 0.2) is 42.5 Å². The number of fused-ring (bicyclic) bond motifs is 1. The highest BCUT2D eigenvalue weighted by Gasteiger charge is 2.32. The number of aryl methyl sites for hydroxylation is 1. The Kier molecular flexibility index (Phi) is 5.43. The monoisotopic (exact) mass is 429 g/mol. The van der Waals surface area contributed by atoms with E-state index in [4.69, 9.17) is 26.2 Å². The van der Waals surface area contributed by atoms with Crippen LogP contribution < -0.4 is 14.8 Å². The second kappa shape index (κ2) is 8.00. The van der Waals surface area contributed by atoms with Crippen molar-refractivity contribution in [1.82, 2.24) is 9.78 Å². The number of aromatic nitrogens is 2. The smallest absolute Gasteiger partial charge is 0.235 e. The summed E-state index contributed by atoms with van der Waals surface area (Å²) in [6.45, 7) is 1.94. The Morgan fingerprint density at radius 1 is 1.21 bits per heavy atom. The molecule has 1 aliphatic rings. The summed E-state index contributed by atoms with van der Waals surface area (Å²) in [6.07, 6.45) is 0. The lowest BCUT2D eigenvalue weighted by atomic mass is 10.0. The first-order valence-electron chi connectivity index (χ1n) is 9.01. The average molecular weight is 430 g/mol. The summed E-state index contributed by atoms with van der Waals surface area (Å²) in [6, 6.07) is 13.2. The van der Waals surface area contributed by atoms with Gasteiger partial charge in [0.1, 0.15) is 5.82 Å². The summed E-state index contributed by atoms with van der Waals surface area (Å²) in [7, 11) is 3.23. The van der Waals surface area contributed by atoms with Crippen molar-refractivity contribution in [1.29, 1.82) is 0 Å². The van der Waals surface area contributed by atoms with E-state index in [0.29, 0.717) is 28.1 Å². The predicted octanol–water partition coefficient (Wildman–Crippen LogP) is 4.63. The standard InChI is InChI=1S/C21H20ClN3O3S/c1-12-18-20(15-8-5-9-16(27-2)19(15)28-3)29-11-17(26)23-21(18)25(24-12)14-7-4-6-13(22)10-14/h4-10,20H,11H2,1-3H3,(H,23,26)/t20-/m1/s1. The summed E-state index contributed by atoms with van der Waals surface area (Å²) in [5, 5.41) is 8.18. The van der Waals surface area contributed by atoms with Crippen LogP contribution in [0.5, 0.6) is 11.5 Å². The Morgan fingerprint density at radius 3 is 2.72 bits per heavy atom. The van der Waals surface area contributed by atoms with Crippen LogP contribution >= 0.6 is 23.4 Å². The summed E-state index contributed by atoms with van der Waals surface area (Å²) in [5.41, 5.74) is 3.48. The van der Waals surface area contributed by atoms with Crippen LogP contribution in [0.3, 0.4) is 0 Å². The SMILES string of the molecule is COc1cccc([C@H]2SCC(=O)Nc3c2c(C)nn3-c2cccc(Cl)c2)c1OC. The molecule has 150 valence electrons. The van der Waals surface area contributed by atoms with Gasteiger partial charge in [0.25, 0.3) is 0 Å². The zero-order chi connectivity index (χ0) is 20.5. The normalized spacial score (nSPS) is 16.0. The molecule has 6 nitrogen and oxygen atoms in total. The minimum atomic E-state index is -0.151. The second-order valence-electron chi connectivity index (χ2n) is 6.56. The number of amides is 1. The van der Waals surface area contributed by atoms with Crippen molar-refractivity contribution in [2.45, 2.75) is 12.2 Å². The van der Waals surface area contributed by atoms with E-state index in [2.05, 4.69) is 5.32 Å². The minimum Gasteiger partial charge on any atom is -0.493 e. The Morgan fingerprint density at radius 2 is 2.00 bits per heavy atom. The van der Waals surface area contributed by atoms with Crippen molar-refractivity contribution in [2.24, 2.45) is 0 Å². The second-order valence-corrected chi connectivity index (χ2v) is 8.09. The van der Waals surface area contributed by atoms with Gasteiger partial charge >= 0.3 is 0 Å². The number of para-hydroxylation sites is 1. The topological polar surface area (TPSA) is 65.4 Å². The fourth-order valence-corrected chi connectivity index (χ4v) is 4.93. The zero-order valence-corrected chi connectivity index (χ0v) is 17.8. The molecule has 1 N–H and O–H groups in total. The number of anilines is 1. The number of carbonyl (C=O) groups is 1. The third-order valence-corrected chi connectivity index (χ3v) is 6.26. The van der Waals surface area contributed by atoms with Gasteiger partial charge in [-0.05, 0) is 31.2 Å². The first kappa shape index (κ1) is 19.7. The molecule has 0 unspecified atom stereocenters. The molecule has 8 heteroatoms. The molecule has 29 heavy (non-hydrogen) atoms. The number of rotatable bonds is 4. The van der Waals surface area contributed by atoms with Crippen molar-refractivity contribution in [3.8, 4) is 17.2 Å². The molecule has 0 spiro atoms. The molecule has 2 aromatic carbocycles. The van der Waals surface area contributed by atoms with E-state index in [0.717, 1.165) is 22.5 Å². The first-order valence-corrected chi connectivity index (χ1v) is 10.4. The van der Waals surface area contributed by atoms with E-state index in [1.165, 1.54) is 11.8 Å². The first-order chi connectivity index (χ1) is 14.0. The molecular weight excluding hydrogens is 410 g/mol. The molecular formula is C21H20ClN3O3S. The number of thioether (sulfide) groups is 1. The number of hydrogen-bond acceptors (Lipinski definition) is 5. The van der Waals surface area contributed by atoms with E-state index in [1.807, 2.05) is 43.3 Å². The van der Waals surface area contributed by atoms with Gasteiger partial charge in [0.15, 0.2) is 11.5 Å². The predicted molar refractivity (Wildman–Crippen MR) is 116 cm³/mol. The fraction of sp³-hybridized carbons (Fsp3) is 0.238. The van der Waals surface area contributed by atoms with Crippen molar-refractivity contribution < 1.29 is 14.3 Å².